The third kappa shape index (κ3) is 7.32. The summed E-state index contributed by atoms with van der Waals surface area (Å²) in [6.45, 7) is 3.03. The Morgan fingerprint density at radius 1 is 0.939 bits per heavy atom. The fourth-order valence-electron chi connectivity index (χ4n) is 3.83. The molecule has 2 aromatic carbocycles. The van der Waals surface area contributed by atoms with Crippen molar-refractivity contribution in [3.8, 4) is 5.75 Å². The zero-order chi connectivity index (χ0) is 23.6. The van der Waals surface area contributed by atoms with Crippen LogP contribution in [0.5, 0.6) is 5.75 Å². The van der Waals surface area contributed by atoms with Gasteiger partial charge in [-0.1, -0.05) is 12.1 Å². The van der Waals surface area contributed by atoms with Gasteiger partial charge in [-0.3, -0.25) is 19.3 Å². The van der Waals surface area contributed by atoms with Crippen molar-refractivity contribution in [1.82, 2.24) is 15.1 Å². The number of nitrogens with one attached hydrogen (secondary N) is 2. The summed E-state index contributed by atoms with van der Waals surface area (Å²) >= 11 is 0. The first-order chi connectivity index (χ1) is 16.0. The maximum absolute atomic E-state index is 12.7. The highest BCUT2D eigenvalue weighted by Gasteiger charge is 2.20. The summed E-state index contributed by atoms with van der Waals surface area (Å²) in [4.78, 5) is 40.7. The number of amides is 3. The highest BCUT2D eigenvalue weighted by Crippen LogP contribution is 2.14. The fourth-order valence-corrected chi connectivity index (χ4v) is 3.83. The van der Waals surface area contributed by atoms with Crippen LogP contribution in [0.1, 0.15) is 28.8 Å². The van der Waals surface area contributed by atoms with Crippen molar-refractivity contribution < 1.29 is 19.1 Å². The van der Waals surface area contributed by atoms with Crippen LogP contribution in [0.3, 0.4) is 0 Å². The van der Waals surface area contributed by atoms with Gasteiger partial charge in [-0.2, -0.15) is 0 Å². The van der Waals surface area contributed by atoms with E-state index in [0.717, 1.165) is 24.3 Å². The number of aryl methyl sites for hydroxylation is 1. The van der Waals surface area contributed by atoms with Crippen LogP contribution in [0.15, 0.2) is 48.5 Å². The number of anilines is 1. The molecule has 33 heavy (non-hydrogen) atoms. The Balaban J connectivity index is 1.42. The average Bonchev–Trinajstić information content (AvgIpc) is 3.08. The summed E-state index contributed by atoms with van der Waals surface area (Å²) in [5.41, 5.74) is 2.30. The van der Waals surface area contributed by atoms with Gasteiger partial charge in [0.1, 0.15) is 5.75 Å². The number of methoxy groups -OCH3 is 1. The molecule has 1 fully saturated rings. The number of benzene rings is 2. The number of nitrogens with zero attached hydrogens (tertiary/aromatic N) is 2. The third-order valence-corrected chi connectivity index (χ3v) is 5.75. The standard InChI is InChI=1S/C25H32N4O4/c1-26-25(32)20-7-9-21(10-8-20)27-23(30)18-28-14-3-15-29(17-16-28)24(31)13-6-19-4-11-22(33-2)12-5-19/h4-5,7-12H,3,6,13-18H2,1-2H3,(H,26,32)(H,27,30). The number of hydrogen-bond acceptors (Lipinski definition) is 5. The van der Waals surface area contributed by atoms with Crippen molar-refractivity contribution in [2.45, 2.75) is 19.3 Å². The minimum Gasteiger partial charge on any atom is -0.497 e. The largest absolute Gasteiger partial charge is 0.497 e. The summed E-state index contributed by atoms with van der Waals surface area (Å²) in [5.74, 6) is 0.679. The minimum absolute atomic E-state index is 0.109. The quantitative estimate of drug-likeness (QED) is 0.641. The molecule has 0 unspecified atom stereocenters. The number of ether oxygens (including phenoxy) is 1. The van der Waals surface area contributed by atoms with E-state index in [-0.39, 0.29) is 24.3 Å². The summed E-state index contributed by atoms with van der Waals surface area (Å²) in [6, 6.07) is 14.6. The molecule has 3 rings (SSSR count). The normalized spacial score (nSPS) is 14.3. The Kier molecular flexibility index (Phi) is 8.83. The van der Waals surface area contributed by atoms with E-state index in [4.69, 9.17) is 4.74 Å². The molecule has 1 saturated heterocycles. The van der Waals surface area contributed by atoms with Gasteiger partial charge in [-0.25, -0.2) is 0 Å². The van der Waals surface area contributed by atoms with E-state index < -0.39 is 0 Å². The second-order valence-electron chi connectivity index (χ2n) is 8.06. The predicted molar refractivity (Wildman–Crippen MR) is 127 cm³/mol. The number of carbonyl (C=O) groups is 3. The zero-order valence-corrected chi connectivity index (χ0v) is 19.3. The number of rotatable bonds is 8. The first-order valence-corrected chi connectivity index (χ1v) is 11.2. The Morgan fingerprint density at radius 3 is 2.33 bits per heavy atom. The molecule has 0 aliphatic carbocycles. The van der Waals surface area contributed by atoms with Crippen LogP contribution in [0, 0.1) is 0 Å². The van der Waals surface area contributed by atoms with E-state index in [2.05, 4.69) is 15.5 Å². The Morgan fingerprint density at radius 2 is 1.67 bits per heavy atom. The van der Waals surface area contributed by atoms with E-state index in [0.29, 0.717) is 43.7 Å². The number of carbonyl (C=O) groups excluding carboxylic acids is 3. The van der Waals surface area contributed by atoms with E-state index >= 15 is 0 Å². The molecule has 1 heterocycles. The van der Waals surface area contributed by atoms with Crippen molar-refractivity contribution >= 4 is 23.4 Å². The van der Waals surface area contributed by atoms with Crippen LogP contribution < -0.4 is 15.4 Å². The van der Waals surface area contributed by atoms with Crippen molar-refractivity contribution in [2.24, 2.45) is 0 Å². The van der Waals surface area contributed by atoms with Crippen LogP contribution in [0.2, 0.25) is 0 Å². The summed E-state index contributed by atoms with van der Waals surface area (Å²) < 4.78 is 5.17. The molecule has 3 amide bonds. The molecule has 0 aromatic heterocycles. The molecule has 0 bridgehead atoms. The highest BCUT2D eigenvalue weighted by atomic mass is 16.5. The first kappa shape index (κ1) is 24.3. The van der Waals surface area contributed by atoms with Crippen LogP contribution in [-0.2, 0) is 16.0 Å². The molecule has 0 saturated carbocycles. The van der Waals surface area contributed by atoms with Gasteiger partial charge >= 0.3 is 0 Å². The van der Waals surface area contributed by atoms with Gasteiger partial charge in [0.05, 0.1) is 13.7 Å². The molecule has 176 valence electrons. The summed E-state index contributed by atoms with van der Waals surface area (Å²) in [7, 11) is 3.21. The average molecular weight is 453 g/mol. The lowest BCUT2D eigenvalue weighted by Crippen LogP contribution is -2.38. The van der Waals surface area contributed by atoms with Crippen LogP contribution >= 0.6 is 0 Å². The molecule has 0 spiro atoms. The van der Waals surface area contributed by atoms with E-state index in [1.54, 1.807) is 38.4 Å². The topological polar surface area (TPSA) is 91.0 Å². The van der Waals surface area contributed by atoms with Crippen LogP contribution in [0.4, 0.5) is 5.69 Å². The lowest BCUT2D eigenvalue weighted by atomic mass is 10.1. The van der Waals surface area contributed by atoms with Crippen molar-refractivity contribution in [1.29, 1.82) is 0 Å². The highest BCUT2D eigenvalue weighted by molar-refractivity contribution is 5.96. The molecule has 8 nitrogen and oxygen atoms in total. The van der Waals surface area contributed by atoms with Crippen molar-refractivity contribution in [3.63, 3.8) is 0 Å². The van der Waals surface area contributed by atoms with Gasteiger partial charge in [0.2, 0.25) is 11.8 Å². The van der Waals surface area contributed by atoms with E-state index in [1.165, 1.54) is 0 Å². The fraction of sp³-hybridized carbons (Fsp3) is 0.400. The second kappa shape index (κ2) is 12.0. The van der Waals surface area contributed by atoms with Gasteiger partial charge in [0.15, 0.2) is 0 Å². The molecule has 8 heteroatoms. The number of hydrogen-bond donors (Lipinski definition) is 2. The SMILES string of the molecule is CNC(=O)c1ccc(NC(=O)CN2CCCN(C(=O)CCc3ccc(OC)cc3)CC2)cc1. The van der Waals surface area contributed by atoms with Crippen molar-refractivity contribution in [2.75, 3.05) is 52.2 Å². The maximum atomic E-state index is 12.7. The van der Waals surface area contributed by atoms with Gasteiger partial charge in [-0.15, -0.1) is 0 Å². The molecule has 1 aliphatic heterocycles. The van der Waals surface area contributed by atoms with Crippen LogP contribution in [0.25, 0.3) is 0 Å². The van der Waals surface area contributed by atoms with Gasteiger partial charge in [-0.05, 0) is 54.8 Å². The maximum Gasteiger partial charge on any atom is 0.251 e. The van der Waals surface area contributed by atoms with Gasteiger partial charge < -0.3 is 20.3 Å². The molecule has 0 radical (unpaired) electrons. The molecular weight excluding hydrogens is 420 g/mol. The predicted octanol–water partition coefficient (Wildman–Crippen LogP) is 2.16. The molecule has 2 aromatic rings. The lowest BCUT2D eigenvalue weighted by Gasteiger charge is -2.22. The Labute approximate surface area is 194 Å². The third-order valence-electron chi connectivity index (χ3n) is 5.75. The van der Waals surface area contributed by atoms with Crippen molar-refractivity contribution in [3.05, 3.63) is 59.7 Å². The summed E-state index contributed by atoms with van der Waals surface area (Å²) in [5, 5.41) is 5.44. The molecule has 0 atom stereocenters. The molecule has 2 N–H and O–H groups in total. The minimum atomic E-state index is -0.166. The van der Waals surface area contributed by atoms with E-state index in [1.807, 2.05) is 29.2 Å². The second-order valence-corrected chi connectivity index (χ2v) is 8.06. The van der Waals surface area contributed by atoms with Crippen LogP contribution in [-0.4, -0.2) is 74.4 Å². The smallest absolute Gasteiger partial charge is 0.251 e. The Hall–Kier alpha value is -3.39. The lowest BCUT2D eigenvalue weighted by molar-refractivity contribution is -0.131. The monoisotopic (exact) mass is 452 g/mol. The zero-order valence-electron chi connectivity index (χ0n) is 19.3. The summed E-state index contributed by atoms with van der Waals surface area (Å²) in [6.07, 6.45) is 2.01. The Bertz CT molecular complexity index is 944. The first-order valence-electron chi connectivity index (χ1n) is 11.2. The van der Waals surface area contributed by atoms with Gasteiger partial charge in [0, 0.05) is 50.9 Å². The van der Waals surface area contributed by atoms with E-state index in [9.17, 15) is 14.4 Å². The molecule has 1 aliphatic rings. The molecular formula is C25H32N4O4. The van der Waals surface area contributed by atoms with Gasteiger partial charge in [0.25, 0.3) is 5.91 Å².